The summed E-state index contributed by atoms with van der Waals surface area (Å²) in [6.07, 6.45) is 1.84. The quantitative estimate of drug-likeness (QED) is 0.452. The summed E-state index contributed by atoms with van der Waals surface area (Å²) in [6, 6.07) is 18.7. The first-order valence-electron chi connectivity index (χ1n) is 9.00. The van der Waals surface area contributed by atoms with Gasteiger partial charge in [-0.05, 0) is 47.5 Å². The Hall–Kier alpha value is -3.31. The lowest BCUT2D eigenvalue weighted by atomic mass is 10.0. The summed E-state index contributed by atoms with van der Waals surface area (Å²) in [5.41, 5.74) is 3.78. The molecule has 0 saturated heterocycles. The van der Waals surface area contributed by atoms with Gasteiger partial charge in [-0.15, -0.1) is 0 Å². The molecule has 1 heterocycles. The standard InChI is InChI=1S/C23H18ClFN2O2/c1-27-13-21(16-4-8-18(25)9-5-16)23(26-27)20-11-10-19(12-22(20)28)29-14-15-2-6-17(24)7-3-15/h2-13,28H,14H2,1H3. The number of benzene rings is 3. The van der Waals surface area contributed by atoms with Crippen molar-refractivity contribution in [1.29, 1.82) is 0 Å². The number of nitrogens with zero attached hydrogens (tertiary/aromatic N) is 2. The van der Waals surface area contributed by atoms with E-state index in [1.807, 2.05) is 18.3 Å². The number of aryl methyl sites for hydroxylation is 1. The fourth-order valence-electron chi connectivity index (χ4n) is 3.08. The summed E-state index contributed by atoms with van der Waals surface area (Å²) in [5.74, 6) is 0.297. The molecule has 6 heteroatoms. The fourth-order valence-corrected chi connectivity index (χ4v) is 3.20. The monoisotopic (exact) mass is 408 g/mol. The van der Waals surface area contributed by atoms with Gasteiger partial charge < -0.3 is 9.84 Å². The predicted molar refractivity (Wildman–Crippen MR) is 111 cm³/mol. The average Bonchev–Trinajstić information content (AvgIpc) is 3.09. The predicted octanol–water partition coefficient (Wildman–Crippen LogP) is 5.83. The molecule has 4 rings (SSSR count). The molecule has 4 nitrogen and oxygen atoms in total. The minimum Gasteiger partial charge on any atom is -0.507 e. The summed E-state index contributed by atoms with van der Waals surface area (Å²) in [6.45, 7) is 0.361. The minimum absolute atomic E-state index is 0.0562. The van der Waals surface area contributed by atoms with Gasteiger partial charge in [0, 0.05) is 35.5 Å². The third kappa shape index (κ3) is 4.25. The minimum atomic E-state index is -0.302. The molecule has 0 unspecified atom stereocenters. The summed E-state index contributed by atoms with van der Waals surface area (Å²) in [4.78, 5) is 0. The molecule has 0 radical (unpaired) electrons. The van der Waals surface area contributed by atoms with Crippen molar-refractivity contribution in [2.24, 2.45) is 7.05 Å². The van der Waals surface area contributed by atoms with Crippen molar-refractivity contribution in [3.05, 3.63) is 89.3 Å². The highest BCUT2D eigenvalue weighted by molar-refractivity contribution is 6.30. The van der Waals surface area contributed by atoms with E-state index in [1.165, 1.54) is 12.1 Å². The zero-order chi connectivity index (χ0) is 20.4. The van der Waals surface area contributed by atoms with Gasteiger partial charge in [-0.3, -0.25) is 4.68 Å². The van der Waals surface area contributed by atoms with Crippen molar-refractivity contribution < 1.29 is 14.2 Å². The van der Waals surface area contributed by atoms with Crippen LogP contribution in [0.15, 0.2) is 72.9 Å². The van der Waals surface area contributed by atoms with Crippen LogP contribution in [0.25, 0.3) is 22.4 Å². The normalized spacial score (nSPS) is 10.9. The van der Waals surface area contributed by atoms with Gasteiger partial charge >= 0.3 is 0 Å². The second-order valence-electron chi connectivity index (χ2n) is 6.67. The third-order valence-corrected chi connectivity index (χ3v) is 4.78. The van der Waals surface area contributed by atoms with E-state index < -0.39 is 0 Å². The molecule has 0 atom stereocenters. The number of phenols is 1. The molecule has 29 heavy (non-hydrogen) atoms. The van der Waals surface area contributed by atoms with Crippen LogP contribution in [0.1, 0.15) is 5.56 Å². The smallest absolute Gasteiger partial charge is 0.128 e. The third-order valence-electron chi connectivity index (χ3n) is 4.53. The van der Waals surface area contributed by atoms with Crippen molar-refractivity contribution in [3.8, 4) is 33.9 Å². The summed E-state index contributed by atoms with van der Waals surface area (Å²) in [5, 5.41) is 15.7. The zero-order valence-electron chi connectivity index (χ0n) is 15.6. The largest absolute Gasteiger partial charge is 0.507 e. The number of aromatic hydroxyl groups is 1. The van der Waals surface area contributed by atoms with Gasteiger partial charge in [0.1, 0.15) is 29.6 Å². The fraction of sp³-hybridized carbons (Fsp3) is 0.0870. The Morgan fingerprint density at radius 1 is 1.00 bits per heavy atom. The molecule has 0 spiro atoms. The van der Waals surface area contributed by atoms with Gasteiger partial charge in [-0.2, -0.15) is 5.10 Å². The average molecular weight is 409 g/mol. The van der Waals surface area contributed by atoms with Crippen LogP contribution in [0.4, 0.5) is 4.39 Å². The van der Waals surface area contributed by atoms with E-state index in [4.69, 9.17) is 16.3 Å². The van der Waals surface area contributed by atoms with E-state index in [-0.39, 0.29) is 11.6 Å². The van der Waals surface area contributed by atoms with Gasteiger partial charge in [0.25, 0.3) is 0 Å². The molecule has 0 aliphatic heterocycles. The van der Waals surface area contributed by atoms with Crippen molar-refractivity contribution in [2.75, 3.05) is 0 Å². The van der Waals surface area contributed by atoms with E-state index in [0.717, 1.165) is 16.7 Å². The summed E-state index contributed by atoms with van der Waals surface area (Å²) < 4.78 is 20.7. The maximum atomic E-state index is 13.3. The Kier molecular flexibility index (Phi) is 5.23. The molecule has 1 aromatic heterocycles. The first-order chi connectivity index (χ1) is 14.0. The van der Waals surface area contributed by atoms with Crippen LogP contribution in [-0.4, -0.2) is 14.9 Å². The van der Waals surface area contributed by atoms with Gasteiger partial charge in [0.15, 0.2) is 0 Å². The number of ether oxygens (including phenoxy) is 1. The zero-order valence-corrected chi connectivity index (χ0v) is 16.4. The molecule has 1 N–H and O–H groups in total. The van der Waals surface area contributed by atoms with Crippen LogP contribution in [0.5, 0.6) is 11.5 Å². The highest BCUT2D eigenvalue weighted by atomic mass is 35.5. The second kappa shape index (κ2) is 7.97. The van der Waals surface area contributed by atoms with Gasteiger partial charge in [0.05, 0.1) is 0 Å². The number of rotatable bonds is 5. The Morgan fingerprint density at radius 2 is 1.72 bits per heavy atom. The first-order valence-corrected chi connectivity index (χ1v) is 9.37. The molecular weight excluding hydrogens is 391 g/mol. The molecule has 0 aliphatic carbocycles. The van der Waals surface area contributed by atoms with Gasteiger partial charge in [-0.1, -0.05) is 35.9 Å². The number of hydrogen-bond donors (Lipinski definition) is 1. The maximum absolute atomic E-state index is 13.3. The lowest BCUT2D eigenvalue weighted by molar-refractivity contribution is 0.304. The lowest BCUT2D eigenvalue weighted by Crippen LogP contribution is -1.95. The highest BCUT2D eigenvalue weighted by Gasteiger charge is 2.16. The van der Waals surface area contributed by atoms with E-state index in [1.54, 1.807) is 54.2 Å². The van der Waals surface area contributed by atoms with Crippen LogP contribution in [0.3, 0.4) is 0 Å². The molecule has 0 fully saturated rings. The molecule has 0 bridgehead atoms. The van der Waals surface area contributed by atoms with E-state index in [2.05, 4.69) is 5.10 Å². The van der Waals surface area contributed by atoms with Crippen LogP contribution in [-0.2, 0) is 13.7 Å². The van der Waals surface area contributed by atoms with Crippen LogP contribution >= 0.6 is 11.6 Å². The van der Waals surface area contributed by atoms with Crippen molar-refractivity contribution in [3.63, 3.8) is 0 Å². The highest BCUT2D eigenvalue weighted by Crippen LogP contribution is 2.37. The lowest BCUT2D eigenvalue weighted by Gasteiger charge is -2.10. The van der Waals surface area contributed by atoms with Gasteiger partial charge in [-0.25, -0.2) is 4.39 Å². The van der Waals surface area contributed by atoms with E-state index in [0.29, 0.717) is 28.6 Å². The van der Waals surface area contributed by atoms with Crippen molar-refractivity contribution in [1.82, 2.24) is 9.78 Å². The summed E-state index contributed by atoms with van der Waals surface area (Å²) >= 11 is 5.89. The Morgan fingerprint density at radius 3 is 2.41 bits per heavy atom. The maximum Gasteiger partial charge on any atom is 0.128 e. The van der Waals surface area contributed by atoms with Crippen molar-refractivity contribution >= 4 is 11.6 Å². The molecule has 146 valence electrons. The Bertz CT molecular complexity index is 1140. The Labute approximate surface area is 172 Å². The summed E-state index contributed by atoms with van der Waals surface area (Å²) in [7, 11) is 1.80. The molecular formula is C23H18ClFN2O2. The first kappa shape index (κ1) is 19.0. The van der Waals surface area contributed by atoms with Gasteiger partial charge in [0.2, 0.25) is 0 Å². The number of phenolic OH excluding ortho intramolecular Hbond substituents is 1. The number of hydrogen-bond acceptors (Lipinski definition) is 3. The second-order valence-corrected chi connectivity index (χ2v) is 7.10. The van der Waals surface area contributed by atoms with E-state index in [9.17, 15) is 9.50 Å². The molecule has 4 aromatic rings. The number of halogens is 2. The topological polar surface area (TPSA) is 47.3 Å². The van der Waals surface area contributed by atoms with Crippen LogP contribution in [0.2, 0.25) is 5.02 Å². The van der Waals surface area contributed by atoms with Crippen LogP contribution < -0.4 is 4.74 Å². The number of aromatic nitrogens is 2. The van der Waals surface area contributed by atoms with E-state index >= 15 is 0 Å². The Balaban J connectivity index is 1.60. The molecule has 0 saturated carbocycles. The molecule has 0 amide bonds. The molecule has 0 aliphatic rings. The van der Waals surface area contributed by atoms with Crippen LogP contribution in [0, 0.1) is 5.82 Å². The van der Waals surface area contributed by atoms with Crippen molar-refractivity contribution in [2.45, 2.75) is 6.61 Å². The molecule has 3 aromatic carbocycles. The SMILES string of the molecule is Cn1cc(-c2ccc(F)cc2)c(-c2ccc(OCc3ccc(Cl)cc3)cc2O)n1.